The molecule has 1 unspecified atom stereocenters. The zero-order valence-electron chi connectivity index (χ0n) is 29.1. The largest absolute Gasteiger partial charge is 0.497 e. The molecule has 11 heteroatoms. The van der Waals surface area contributed by atoms with Gasteiger partial charge in [-0.05, 0) is 50.1 Å². The number of carbonyl (C=O) groups excluding carboxylic acids is 4. The number of hydrogen-bond acceptors (Lipinski definition) is 7. The molecule has 1 fully saturated rings. The number of ether oxygens (including phenoxy) is 1. The van der Waals surface area contributed by atoms with Crippen molar-refractivity contribution >= 4 is 24.6 Å². The molecule has 4 amide bonds. The van der Waals surface area contributed by atoms with Crippen LogP contribution in [0.15, 0.2) is 67.3 Å². The lowest BCUT2D eigenvalue weighted by Crippen LogP contribution is -2.64. The predicted molar refractivity (Wildman–Crippen MR) is 185 cm³/mol. The SMILES string of the molecule is C=CCC.CCCNC(C)=O.CCN(C)N(C=O)C1CN([C@@H](C)c2ccccc2)C(=O)CN1C=O.CNCc1ccc(OC)cc1. The van der Waals surface area contributed by atoms with Crippen LogP contribution < -0.4 is 15.4 Å². The second-order valence-corrected chi connectivity index (χ2v) is 10.4. The van der Waals surface area contributed by atoms with Crippen LogP contribution in [0.1, 0.15) is 64.6 Å². The zero-order valence-corrected chi connectivity index (χ0v) is 29.1. The van der Waals surface area contributed by atoms with Gasteiger partial charge in [-0.15, -0.1) is 6.58 Å². The molecule has 2 aromatic rings. The van der Waals surface area contributed by atoms with Gasteiger partial charge < -0.3 is 25.2 Å². The van der Waals surface area contributed by atoms with E-state index in [1.54, 1.807) is 24.1 Å². The highest BCUT2D eigenvalue weighted by Crippen LogP contribution is 2.25. The number of nitrogens with zero attached hydrogens (tertiary/aromatic N) is 4. The van der Waals surface area contributed by atoms with Crippen molar-refractivity contribution in [2.75, 3.05) is 47.4 Å². The topological polar surface area (TPSA) is 115 Å². The number of carbonyl (C=O) groups is 4. The molecule has 1 heterocycles. The maximum Gasteiger partial charge on any atom is 0.242 e. The van der Waals surface area contributed by atoms with Crippen LogP contribution in [0.4, 0.5) is 0 Å². The van der Waals surface area contributed by atoms with Crippen LogP contribution in [0.5, 0.6) is 5.75 Å². The lowest BCUT2D eigenvalue weighted by molar-refractivity contribution is -0.169. The zero-order chi connectivity index (χ0) is 34.9. The van der Waals surface area contributed by atoms with Crippen LogP contribution in [0, 0.1) is 0 Å². The van der Waals surface area contributed by atoms with E-state index in [0.717, 1.165) is 37.2 Å². The quantitative estimate of drug-likeness (QED) is 0.191. The Labute approximate surface area is 276 Å². The molecule has 1 saturated heterocycles. The van der Waals surface area contributed by atoms with Crippen LogP contribution in [0.3, 0.4) is 0 Å². The average Bonchev–Trinajstić information content (AvgIpc) is 3.09. The summed E-state index contributed by atoms with van der Waals surface area (Å²) in [6.07, 6.45) is 4.80. The number of amides is 4. The number of piperazine rings is 1. The van der Waals surface area contributed by atoms with Gasteiger partial charge in [-0.3, -0.25) is 24.2 Å². The van der Waals surface area contributed by atoms with Crippen molar-refractivity contribution in [2.45, 2.75) is 66.2 Å². The monoisotopic (exact) mass is 640 g/mol. The Morgan fingerprint density at radius 1 is 1.11 bits per heavy atom. The molecule has 0 spiro atoms. The van der Waals surface area contributed by atoms with E-state index in [0.29, 0.717) is 19.4 Å². The number of allylic oxidation sites excluding steroid dienone is 1. The van der Waals surface area contributed by atoms with Crippen LogP contribution in [-0.2, 0) is 25.7 Å². The molecule has 2 N–H and O–H groups in total. The fraction of sp³-hybridized carbons (Fsp3) is 0.486. The predicted octanol–water partition coefficient (Wildman–Crippen LogP) is 4.23. The summed E-state index contributed by atoms with van der Waals surface area (Å²) in [4.78, 5) is 48.6. The van der Waals surface area contributed by atoms with Gasteiger partial charge in [0.05, 0.1) is 19.7 Å². The Hall–Kier alpha value is -4.22. The van der Waals surface area contributed by atoms with Crippen molar-refractivity contribution in [2.24, 2.45) is 0 Å². The minimum absolute atomic E-state index is 0.0345. The van der Waals surface area contributed by atoms with E-state index < -0.39 is 6.17 Å². The number of benzene rings is 2. The van der Waals surface area contributed by atoms with Gasteiger partial charge in [0.1, 0.15) is 18.5 Å². The molecule has 256 valence electrons. The highest BCUT2D eigenvalue weighted by Gasteiger charge is 2.38. The Balaban J connectivity index is 0.000000754. The van der Waals surface area contributed by atoms with E-state index in [1.807, 2.05) is 76.4 Å². The highest BCUT2D eigenvalue weighted by atomic mass is 16.5. The van der Waals surface area contributed by atoms with Crippen molar-refractivity contribution in [3.63, 3.8) is 0 Å². The van der Waals surface area contributed by atoms with Crippen LogP contribution in [0.2, 0.25) is 0 Å². The van der Waals surface area contributed by atoms with Crippen molar-refractivity contribution in [3.8, 4) is 5.75 Å². The van der Waals surface area contributed by atoms with Crippen LogP contribution >= 0.6 is 0 Å². The smallest absolute Gasteiger partial charge is 0.242 e. The van der Waals surface area contributed by atoms with Crippen molar-refractivity contribution in [1.82, 2.24) is 30.5 Å². The molecular weight excluding hydrogens is 584 g/mol. The summed E-state index contributed by atoms with van der Waals surface area (Å²) in [6, 6.07) is 17.6. The van der Waals surface area contributed by atoms with E-state index in [2.05, 4.69) is 36.3 Å². The third kappa shape index (κ3) is 15.7. The number of hydrazine groups is 1. The van der Waals surface area contributed by atoms with Gasteiger partial charge in [0.25, 0.3) is 0 Å². The lowest BCUT2D eigenvalue weighted by atomic mass is 10.1. The Bertz CT molecular complexity index is 1130. The normalized spacial score (nSPS) is 14.2. The third-order valence-corrected chi connectivity index (χ3v) is 6.98. The Morgan fingerprint density at radius 3 is 2.13 bits per heavy atom. The van der Waals surface area contributed by atoms with Gasteiger partial charge in [0, 0.05) is 33.6 Å². The molecule has 1 aliphatic rings. The van der Waals surface area contributed by atoms with Gasteiger partial charge in [-0.2, -0.15) is 0 Å². The number of hydrogen-bond donors (Lipinski definition) is 2. The van der Waals surface area contributed by atoms with Gasteiger partial charge >= 0.3 is 0 Å². The van der Waals surface area contributed by atoms with E-state index in [-0.39, 0.29) is 30.9 Å². The van der Waals surface area contributed by atoms with Crippen molar-refractivity contribution < 1.29 is 23.9 Å². The van der Waals surface area contributed by atoms with Gasteiger partial charge in [-0.1, -0.05) is 69.3 Å². The minimum Gasteiger partial charge on any atom is -0.497 e. The number of nitrogens with one attached hydrogen (secondary N) is 2. The molecule has 11 nitrogen and oxygen atoms in total. The van der Waals surface area contributed by atoms with E-state index in [1.165, 1.54) is 22.4 Å². The molecule has 2 aromatic carbocycles. The Kier molecular flexibility index (Phi) is 22.7. The molecule has 0 bridgehead atoms. The molecule has 46 heavy (non-hydrogen) atoms. The van der Waals surface area contributed by atoms with Gasteiger partial charge in [-0.25, -0.2) is 5.01 Å². The summed E-state index contributed by atoms with van der Waals surface area (Å²) < 4.78 is 5.03. The summed E-state index contributed by atoms with van der Waals surface area (Å²) in [6.45, 7) is 15.5. The standard InChI is InChI=1S/C17H24N4O3.C9H13NO.C5H11NO.C4H8/c1-4-18(3)21(13-23)16-10-20(17(24)11-19(16)12-22)14(2)15-8-6-5-7-9-15;1-10-7-8-3-5-9(11-2)6-4-8;1-3-4-6-5(2)7;1-3-4-2/h5-9,12-14,16H,4,10-11H2,1-3H3;3-6,10H,7H2,1-2H3;3-4H2,1-2H3,(H,6,7);3H,1,4H2,2H3/t14-,16?;;;/m0.../s1. The van der Waals surface area contributed by atoms with Gasteiger partial charge in [0.15, 0.2) is 0 Å². The first-order valence-corrected chi connectivity index (χ1v) is 15.7. The van der Waals surface area contributed by atoms with Crippen LogP contribution in [-0.4, -0.2) is 98.0 Å². The average molecular weight is 641 g/mol. The summed E-state index contributed by atoms with van der Waals surface area (Å²) in [5.41, 5.74) is 2.29. The summed E-state index contributed by atoms with van der Waals surface area (Å²) in [5, 5.41) is 8.93. The molecule has 0 aliphatic carbocycles. The van der Waals surface area contributed by atoms with E-state index >= 15 is 0 Å². The maximum absolute atomic E-state index is 12.5. The molecule has 0 saturated carbocycles. The first-order chi connectivity index (χ1) is 22.1. The Morgan fingerprint density at radius 2 is 1.72 bits per heavy atom. The summed E-state index contributed by atoms with van der Waals surface area (Å²) in [5.74, 6) is 0.839. The highest BCUT2D eigenvalue weighted by molar-refractivity contribution is 5.82. The second kappa shape index (κ2) is 25.0. The second-order valence-electron chi connectivity index (χ2n) is 10.4. The molecule has 0 radical (unpaired) electrons. The van der Waals surface area contributed by atoms with E-state index in [9.17, 15) is 19.2 Å². The van der Waals surface area contributed by atoms with Crippen molar-refractivity contribution in [3.05, 3.63) is 78.4 Å². The molecule has 0 aromatic heterocycles. The molecule has 3 rings (SSSR count). The molecule has 2 atom stereocenters. The number of methoxy groups -OCH3 is 1. The fourth-order valence-electron chi connectivity index (χ4n) is 4.15. The maximum atomic E-state index is 12.5. The first kappa shape index (κ1) is 41.8. The fourth-order valence-corrected chi connectivity index (χ4v) is 4.15. The molecule has 1 aliphatic heterocycles. The number of rotatable bonds is 13. The lowest BCUT2D eigenvalue weighted by Gasteiger charge is -2.46. The third-order valence-electron chi connectivity index (χ3n) is 6.98. The minimum atomic E-state index is -0.506. The summed E-state index contributed by atoms with van der Waals surface area (Å²) >= 11 is 0. The summed E-state index contributed by atoms with van der Waals surface area (Å²) in [7, 11) is 5.39. The van der Waals surface area contributed by atoms with Crippen molar-refractivity contribution in [1.29, 1.82) is 0 Å². The van der Waals surface area contributed by atoms with Crippen LogP contribution in [0.25, 0.3) is 0 Å². The first-order valence-electron chi connectivity index (χ1n) is 15.7. The van der Waals surface area contributed by atoms with Gasteiger partial charge in [0.2, 0.25) is 24.6 Å². The van der Waals surface area contributed by atoms with E-state index in [4.69, 9.17) is 4.74 Å². The molecular formula is C35H56N6O5.